The van der Waals surface area contributed by atoms with Gasteiger partial charge < -0.3 is 20.2 Å². The van der Waals surface area contributed by atoms with Crippen LogP contribution in [-0.4, -0.2) is 58.5 Å². The maximum atomic E-state index is 12.8. The van der Waals surface area contributed by atoms with Gasteiger partial charge >= 0.3 is 19.6 Å². The van der Waals surface area contributed by atoms with Crippen LogP contribution < -0.4 is 5.50 Å². The Morgan fingerprint density at radius 2 is 1.83 bits per heavy atom. The van der Waals surface area contributed by atoms with Gasteiger partial charge in [0.05, 0.1) is 7.05 Å². The van der Waals surface area contributed by atoms with E-state index in [2.05, 4.69) is 9.97 Å². The zero-order chi connectivity index (χ0) is 22.5. The summed E-state index contributed by atoms with van der Waals surface area (Å²) in [6.07, 6.45) is 2.55. The predicted octanol–water partition coefficient (Wildman–Crippen LogP) is 1.84. The van der Waals surface area contributed by atoms with Gasteiger partial charge in [-0.05, 0) is 9.85 Å². The van der Waals surface area contributed by atoms with Crippen molar-refractivity contribution in [2.24, 2.45) is 12.6 Å². The minimum absolute atomic E-state index is 0.103. The number of imidazole rings is 2. The fourth-order valence-corrected chi connectivity index (χ4v) is 4.50. The lowest BCUT2D eigenvalue weighted by molar-refractivity contribution is -0.397. The van der Waals surface area contributed by atoms with Gasteiger partial charge in [-0.2, -0.15) is 0 Å². The predicted molar refractivity (Wildman–Crippen MR) is 107 cm³/mol. The van der Waals surface area contributed by atoms with Gasteiger partial charge in [-0.3, -0.25) is 9.09 Å². The fourth-order valence-electron chi connectivity index (χ4n) is 2.62. The first-order valence-corrected chi connectivity index (χ1v) is 11.1. The molecule has 0 saturated carbocycles. The molecule has 14 nitrogen and oxygen atoms in total. The number of nitro groups is 2. The molecule has 0 saturated heterocycles. The van der Waals surface area contributed by atoms with Gasteiger partial charge in [-0.1, -0.05) is 9.97 Å². The third-order valence-corrected chi connectivity index (χ3v) is 6.10. The number of nitrogens with zero attached hydrogens (tertiary/aromatic N) is 7. The number of aromatic nitrogens is 4. The summed E-state index contributed by atoms with van der Waals surface area (Å²) in [5, 5.41) is 22.4. The molecule has 2 rings (SSSR count). The van der Waals surface area contributed by atoms with E-state index < -0.39 is 36.0 Å². The molecule has 17 heteroatoms. The average Bonchev–Trinajstić information content (AvgIpc) is 3.25. The number of halogens is 2. The van der Waals surface area contributed by atoms with E-state index in [0.717, 1.165) is 9.13 Å². The van der Waals surface area contributed by atoms with E-state index in [0.29, 0.717) is 0 Å². The van der Waals surface area contributed by atoms with Crippen molar-refractivity contribution in [2.45, 2.75) is 13.2 Å². The lowest BCUT2D eigenvalue weighted by atomic mass is 10.3. The minimum Gasteiger partial charge on any atom is -0.390 e. The van der Waals surface area contributed by atoms with Crippen LogP contribution in [-0.2, 0) is 29.3 Å². The third-order valence-electron chi connectivity index (χ3n) is 4.08. The number of nitrogens with two attached hydrogens (primary N) is 1. The molecule has 0 aliphatic carbocycles. The number of hydrogen-bond acceptors (Lipinski definition) is 8. The van der Waals surface area contributed by atoms with Crippen molar-refractivity contribution >= 4 is 42.8 Å². The molecule has 0 aromatic carbocycles. The second-order valence-electron chi connectivity index (χ2n) is 5.90. The average molecular weight is 485 g/mol. The van der Waals surface area contributed by atoms with Crippen molar-refractivity contribution in [3.8, 4) is 0 Å². The van der Waals surface area contributed by atoms with Crippen molar-refractivity contribution in [3.05, 3.63) is 44.0 Å². The van der Waals surface area contributed by atoms with Crippen molar-refractivity contribution in [1.82, 2.24) is 23.8 Å². The first-order valence-electron chi connectivity index (χ1n) is 8.37. The summed E-state index contributed by atoms with van der Waals surface area (Å²) in [6.45, 7) is -0.286. The SMILES string of the molecule is Cn1c([N+](=O)[O-])nc(Cn2ccnc2[N+](=O)[O-])c1COP(N)(=O)N(CCCl)CCCl. The quantitative estimate of drug-likeness (QED) is 0.202. The molecule has 2 aromatic rings. The van der Waals surface area contributed by atoms with Gasteiger partial charge in [0.2, 0.25) is 0 Å². The highest BCUT2D eigenvalue weighted by atomic mass is 35.5. The highest BCUT2D eigenvalue weighted by Crippen LogP contribution is 2.43. The van der Waals surface area contributed by atoms with Crippen LogP contribution in [0, 0.1) is 20.2 Å². The number of rotatable bonds is 12. The molecule has 0 amide bonds. The third kappa shape index (κ3) is 5.53. The summed E-state index contributed by atoms with van der Waals surface area (Å²) in [5.41, 5.74) is 6.10. The molecule has 0 spiro atoms. The Kier molecular flexibility index (Phi) is 8.29. The van der Waals surface area contributed by atoms with E-state index in [9.17, 15) is 24.8 Å². The maximum absolute atomic E-state index is 12.8. The van der Waals surface area contributed by atoms with E-state index in [1.54, 1.807) is 0 Å². The topological polar surface area (TPSA) is 177 Å². The van der Waals surface area contributed by atoms with Crippen molar-refractivity contribution in [3.63, 3.8) is 0 Å². The molecule has 0 radical (unpaired) electrons. The molecule has 30 heavy (non-hydrogen) atoms. The smallest absolute Gasteiger partial charge is 0.390 e. The van der Waals surface area contributed by atoms with Gasteiger partial charge in [-0.25, -0.2) is 19.3 Å². The Labute approximate surface area is 180 Å². The summed E-state index contributed by atoms with van der Waals surface area (Å²) in [5.74, 6) is -0.714. The summed E-state index contributed by atoms with van der Waals surface area (Å²) in [7, 11) is -2.46. The van der Waals surface area contributed by atoms with Crippen LogP contribution in [0.2, 0.25) is 0 Å². The molecule has 2 N–H and O–H groups in total. The van der Waals surface area contributed by atoms with E-state index in [4.69, 9.17) is 33.2 Å². The summed E-state index contributed by atoms with van der Waals surface area (Å²) < 4.78 is 21.8. The van der Waals surface area contributed by atoms with Crippen LogP contribution in [0.3, 0.4) is 0 Å². The number of hydrogen-bond donors (Lipinski definition) is 1. The van der Waals surface area contributed by atoms with Crippen molar-refractivity contribution in [2.75, 3.05) is 24.8 Å². The number of alkyl halides is 2. The van der Waals surface area contributed by atoms with E-state index >= 15 is 0 Å². The van der Waals surface area contributed by atoms with E-state index in [1.807, 2.05) is 0 Å². The first kappa shape index (κ1) is 24.2. The molecule has 0 fully saturated rings. The Hall–Kier alpha value is -2.09. The van der Waals surface area contributed by atoms with Crippen molar-refractivity contribution in [1.29, 1.82) is 0 Å². The van der Waals surface area contributed by atoms with Crippen LogP contribution in [0.1, 0.15) is 11.4 Å². The molecule has 1 unspecified atom stereocenters. The zero-order valence-corrected chi connectivity index (χ0v) is 18.2. The summed E-state index contributed by atoms with van der Waals surface area (Å²) in [4.78, 5) is 28.5. The van der Waals surface area contributed by atoms with Crippen molar-refractivity contribution < 1.29 is 18.9 Å². The van der Waals surface area contributed by atoms with Crippen LogP contribution in [0.5, 0.6) is 0 Å². The monoisotopic (exact) mass is 484 g/mol. The molecule has 1 atom stereocenters. The molecular weight excluding hydrogens is 466 g/mol. The van der Waals surface area contributed by atoms with Gasteiger partial charge in [0, 0.05) is 24.8 Å². The van der Waals surface area contributed by atoms with E-state index in [-0.39, 0.29) is 42.8 Å². The highest BCUT2D eigenvalue weighted by Gasteiger charge is 2.32. The summed E-state index contributed by atoms with van der Waals surface area (Å²) in [6, 6.07) is 0. The van der Waals surface area contributed by atoms with Gasteiger partial charge in [-0.15, -0.1) is 23.2 Å². The Bertz CT molecular complexity index is 960. The second-order valence-corrected chi connectivity index (χ2v) is 8.61. The second kappa shape index (κ2) is 10.3. The molecular formula is C13H19Cl2N8O6P. The van der Waals surface area contributed by atoms with Crippen LogP contribution in [0.25, 0.3) is 0 Å². The lowest BCUT2D eigenvalue weighted by Gasteiger charge is -2.26. The van der Waals surface area contributed by atoms with Crippen LogP contribution in [0.15, 0.2) is 12.4 Å². The van der Waals surface area contributed by atoms with Crippen LogP contribution in [0.4, 0.5) is 11.9 Å². The molecule has 2 heterocycles. The zero-order valence-electron chi connectivity index (χ0n) is 15.8. The van der Waals surface area contributed by atoms with Gasteiger partial charge in [0.15, 0.2) is 5.69 Å². The molecule has 0 aliphatic rings. The fraction of sp³-hybridized carbons (Fsp3) is 0.538. The Morgan fingerprint density at radius 1 is 1.23 bits per heavy atom. The first-order chi connectivity index (χ1) is 14.1. The Balaban J connectivity index is 2.34. The standard InChI is InChI=1S/C13H19Cl2N8O6P/c1-19-11(9-29-30(16,28)21(5-2-14)6-3-15)10(18-13(19)23(26)27)8-20-7-4-17-12(20)22(24)25/h4,7H,2-3,5-6,8-9H2,1H3,(H2,16,28). The van der Waals surface area contributed by atoms with Gasteiger partial charge in [0.25, 0.3) is 0 Å². The Morgan fingerprint density at radius 3 is 2.37 bits per heavy atom. The molecule has 0 aliphatic heterocycles. The normalized spacial score (nSPS) is 13.5. The van der Waals surface area contributed by atoms with E-state index in [1.165, 1.54) is 24.1 Å². The highest BCUT2D eigenvalue weighted by molar-refractivity contribution is 7.53. The molecule has 2 aromatic heterocycles. The molecule has 166 valence electrons. The van der Waals surface area contributed by atoms with Crippen LogP contribution >= 0.6 is 30.9 Å². The van der Waals surface area contributed by atoms with Gasteiger partial charge in [0.1, 0.15) is 31.2 Å². The largest absolute Gasteiger partial charge is 0.435 e. The lowest BCUT2D eigenvalue weighted by Crippen LogP contribution is -2.29. The maximum Gasteiger partial charge on any atom is 0.435 e. The minimum atomic E-state index is -3.82. The summed E-state index contributed by atoms with van der Waals surface area (Å²) >= 11 is 11.4. The molecule has 0 bridgehead atoms.